The van der Waals surface area contributed by atoms with Gasteiger partial charge in [-0.2, -0.15) is 0 Å². The van der Waals surface area contributed by atoms with Crippen molar-refractivity contribution in [1.29, 1.82) is 0 Å². The number of morpholine rings is 1. The Morgan fingerprint density at radius 1 is 1.43 bits per heavy atom. The second-order valence-corrected chi connectivity index (χ2v) is 6.67. The topological polar surface area (TPSA) is 51.7 Å². The van der Waals surface area contributed by atoms with Gasteiger partial charge in [0, 0.05) is 24.0 Å². The fourth-order valence-electron chi connectivity index (χ4n) is 2.51. The summed E-state index contributed by atoms with van der Waals surface area (Å²) in [6.45, 7) is 6.28. The second kappa shape index (κ2) is 7.10. The van der Waals surface area contributed by atoms with Crippen molar-refractivity contribution in [2.24, 2.45) is 0 Å². The Balaban J connectivity index is 1.59. The molecule has 1 aliphatic heterocycles. The number of carbonyl (C=O) groups excluding carboxylic acids is 1. The van der Waals surface area contributed by atoms with Crippen LogP contribution in [-0.4, -0.2) is 41.6 Å². The summed E-state index contributed by atoms with van der Waals surface area (Å²) in [5, 5.41) is 3.02. The lowest BCUT2D eigenvalue weighted by Crippen LogP contribution is -2.44. The SMILES string of the molecule is Cc1nc(COc2ccc(C(=O)N3CCO[C@@H](C)C3)cc2)cs1. The normalized spacial score (nSPS) is 18.0. The average molecular weight is 332 g/mol. The number of aryl methyl sites for hydroxylation is 1. The lowest BCUT2D eigenvalue weighted by molar-refractivity contribution is -0.0124. The van der Waals surface area contributed by atoms with E-state index in [4.69, 9.17) is 9.47 Å². The number of nitrogens with zero attached hydrogens (tertiary/aromatic N) is 2. The number of carbonyl (C=O) groups is 1. The maximum Gasteiger partial charge on any atom is 0.254 e. The molecule has 0 N–H and O–H groups in total. The number of thiazole rings is 1. The molecule has 0 spiro atoms. The third kappa shape index (κ3) is 4.09. The molecule has 1 amide bonds. The highest BCUT2D eigenvalue weighted by atomic mass is 32.1. The molecule has 1 aromatic heterocycles. The Hall–Kier alpha value is -1.92. The van der Waals surface area contributed by atoms with Crippen LogP contribution < -0.4 is 4.74 Å². The molecule has 0 aliphatic carbocycles. The smallest absolute Gasteiger partial charge is 0.254 e. The van der Waals surface area contributed by atoms with Gasteiger partial charge in [0.1, 0.15) is 12.4 Å². The van der Waals surface area contributed by atoms with Gasteiger partial charge in [-0.3, -0.25) is 4.79 Å². The molecule has 1 aromatic carbocycles. The van der Waals surface area contributed by atoms with Crippen LogP contribution in [0.3, 0.4) is 0 Å². The van der Waals surface area contributed by atoms with Crippen molar-refractivity contribution in [2.75, 3.05) is 19.7 Å². The monoisotopic (exact) mass is 332 g/mol. The van der Waals surface area contributed by atoms with Gasteiger partial charge in [-0.15, -0.1) is 11.3 Å². The highest BCUT2D eigenvalue weighted by molar-refractivity contribution is 7.09. The van der Waals surface area contributed by atoms with E-state index in [1.54, 1.807) is 11.3 Å². The van der Waals surface area contributed by atoms with Crippen molar-refractivity contribution in [3.05, 3.63) is 45.9 Å². The molecular weight excluding hydrogens is 312 g/mol. The Bertz CT molecular complexity index is 669. The van der Waals surface area contributed by atoms with Gasteiger partial charge < -0.3 is 14.4 Å². The molecule has 6 heteroatoms. The second-order valence-electron chi connectivity index (χ2n) is 5.60. The zero-order valence-electron chi connectivity index (χ0n) is 13.3. The van der Waals surface area contributed by atoms with Gasteiger partial charge in [0.15, 0.2) is 0 Å². The number of ether oxygens (including phenoxy) is 2. The van der Waals surface area contributed by atoms with Crippen LogP contribution in [0.25, 0.3) is 0 Å². The van der Waals surface area contributed by atoms with Crippen LogP contribution in [0.5, 0.6) is 5.75 Å². The van der Waals surface area contributed by atoms with Gasteiger partial charge >= 0.3 is 0 Å². The molecule has 2 heterocycles. The van der Waals surface area contributed by atoms with Crippen LogP contribution in [0.1, 0.15) is 28.0 Å². The van der Waals surface area contributed by atoms with E-state index in [1.807, 2.05) is 48.4 Å². The van der Waals surface area contributed by atoms with Crippen molar-refractivity contribution in [2.45, 2.75) is 26.6 Å². The molecule has 0 bridgehead atoms. The molecule has 3 rings (SSSR count). The Labute approximate surface area is 139 Å². The first-order valence-corrected chi connectivity index (χ1v) is 8.54. The van der Waals surface area contributed by atoms with Crippen molar-refractivity contribution < 1.29 is 14.3 Å². The number of hydrogen-bond donors (Lipinski definition) is 0. The number of rotatable bonds is 4. The van der Waals surface area contributed by atoms with Gasteiger partial charge in [-0.05, 0) is 38.1 Å². The summed E-state index contributed by atoms with van der Waals surface area (Å²) in [6, 6.07) is 7.28. The summed E-state index contributed by atoms with van der Waals surface area (Å²) in [5.74, 6) is 0.782. The first kappa shape index (κ1) is 16.0. The van der Waals surface area contributed by atoms with E-state index in [0.29, 0.717) is 31.9 Å². The molecule has 122 valence electrons. The average Bonchev–Trinajstić information content (AvgIpc) is 2.98. The molecular formula is C17H20N2O3S. The van der Waals surface area contributed by atoms with Gasteiger partial charge in [-0.25, -0.2) is 4.98 Å². The Morgan fingerprint density at radius 3 is 2.87 bits per heavy atom. The summed E-state index contributed by atoms with van der Waals surface area (Å²) in [6.07, 6.45) is 0.0943. The quantitative estimate of drug-likeness (QED) is 0.864. The van der Waals surface area contributed by atoms with Crippen LogP contribution in [0.2, 0.25) is 0 Å². The maximum absolute atomic E-state index is 12.5. The molecule has 2 aromatic rings. The Kier molecular flexibility index (Phi) is 4.93. The van der Waals surface area contributed by atoms with Crippen LogP contribution in [0.15, 0.2) is 29.6 Å². The van der Waals surface area contributed by atoms with E-state index >= 15 is 0 Å². The Morgan fingerprint density at radius 2 is 2.22 bits per heavy atom. The van der Waals surface area contributed by atoms with E-state index in [0.717, 1.165) is 16.5 Å². The van der Waals surface area contributed by atoms with Gasteiger partial charge in [0.05, 0.1) is 23.4 Å². The van der Waals surface area contributed by atoms with E-state index in [9.17, 15) is 4.79 Å². The molecule has 23 heavy (non-hydrogen) atoms. The van der Waals surface area contributed by atoms with Crippen molar-refractivity contribution in [3.8, 4) is 5.75 Å². The number of benzene rings is 1. The number of hydrogen-bond acceptors (Lipinski definition) is 5. The third-order valence-corrected chi connectivity index (χ3v) is 4.51. The number of aromatic nitrogens is 1. The van der Waals surface area contributed by atoms with Crippen LogP contribution in [0, 0.1) is 6.92 Å². The maximum atomic E-state index is 12.5. The first-order chi connectivity index (χ1) is 11.1. The van der Waals surface area contributed by atoms with Crippen LogP contribution >= 0.6 is 11.3 Å². The fraction of sp³-hybridized carbons (Fsp3) is 0.412. The van der Waals surface area contributed by atoms with E-state index < -0.39 is 0 Å². The fourth-order valence-corrected chi connectivity index (χ4v) is 3.11. The molecule has 1 saturated heterocycles. The zero-order chi connectivity index (χ0) is 16.2. The minimum absolute atomic E-state index is 0.0434. The highest BCUT2D eigenvalue weighted by Crippen LogP contribution is 2.17. The minimum Gasteiger partial charge on any atom is -0.487 e. The third-order valence-electron chi connectivity index (χ3n) is 3.68. The van der Waals surface area contributed by atoms with E-state index in [1.165, 1.54) is 0 Å². The molecule has 0 saturated carbocycles. The van der Waals surface area contributed by atoms with Gasteiger partial charge in [0.25, 0.3) is 5.91 Å². The van der Waals surface area contributed by atoms with Gasteiger partial charge in [-0.1, -0.05) is 0 Å². The lowest BCUT2D eigenvalue weighted by Gasteiger charge is -2.31. The summed E-state index contributed by atoms with van der Waals surface area (Å²) < 4.78 is 11.2. The van der Waals surface area contributed by atoms with Crippen molar-refractivity contribution in [3.63, 3.8) is 0 Å². The van der Waals surface area contributed by atoms with Crippen molar-refractivity contribution >= 4 is 17.2 Å². The van der Waals surface area contributed by atoms with Crippen LogP contribution in [0.4, 0.5) is 0 Å². The number of amides is 1. The predicted molar refractivity (Wildman–Crippen MR) is 88.9 cm³/mol. The lowest BCUT2D eigenvalue weighted by atomic mass is 10.1. The van der Waals surface area contributed by atoms with E-state index in [2.05, 4.69) is 4.98 Å². The molecule has 5 nitrogen and oxygen atoms in total. The van der Waals surface area contributed by atoms with Crippen LogP contribution in [-0.2, 0) is 11.3 Å². The summed E-state index contributed by atoms with van der Waals surface area (Å²) in [7, 11) is 0. The molecule has 0 unspecified atom stereocenters. The highest BCUT2D eigenvalue weighted by Gasteiger charge is 2.22. The minimum atomic E-state index is 0.0434. The summed E-state index contributed by atoms with van der Waals surface area (Å²) >= 11 is 1.61. The largest absolute Gasteiger partial charge is 0.487 e. The molecule has 0 radical (unpaired) electrons. The molecule has 1 fully saturated rings. The zero-order valence-corrected chi connectivity index (χ0v) is 14.1. The van der Waals surface area contributed by atoms with E-state index in [-0.39, 0.29) is 12.0 Å². The molecule has 1 aliphatic rings. The van der Waals surface area contributed by atoms with Gasteiger partial charge in [0.2, 0.25) is 0 Å². The predicted octanol–water partition coefficient (Wildman–Crippen LogP) is 2.89. The standard InChI is InChI=1S/C17H20N2O3S/c1-12-9-19(7-8-21-12)17(20)14-3-5-16(6-4-14)22-10-15-11-23-13(2)18-15/h3-6,11-12H,7-10H2,1-2H3/t12-/m0/s1. The first-order valence-electron chi connectivity index (χ1n) is 7.66. The summed E-state index contributed by atoms with van der Waals surface area (Å²) in [5.41, 5.74) is 1.60. The van der Waals surface area contributed by atoms with Crippen molar-refractivity contribution in [1.82, 2.24) is 9.88 Å². The summed E-state index contributed by atoms with van der Waals surface area (Å²) in [4.78, 5) is 18.7. The molecule has 1 atom stereocenters.